The molecule has 128 valence electrons. The highest BCUT2D eigenvalue weighted by molar-refractivity contribution is 6.30. The minimum Gasteiger partial charge on any atom is -0.394 e. The van der Waals surface area contributed by atoms with Crippen LogP contribution in [0.1, 0.15) is 25.0 Å². The van der Waals surface area contributed by atoms with E-state index in [1.54, 1.807) is 6.20 Å². The molecule has 0 spiro atoms. The zero-order valence-corrected chi connectivity index (χ0v) is 14.8. The average Bonchev–Trinajstić information content (AvgIpc) is 2.59. The molecule has 2 aromatic rings. The molecule has 3 rings (SSSR count). The third kappa shape index (κ3) is 3.79. The first kappa shape index (κ1) is 17.0. The summed E-state index contributed by atoms with van der Waals surface area (Å²) in [6.07, 6.45) is 2.71. The normalized spacial score (nSPS) is 15.3. The number of benzene rings is 1. The van der Waals surface area contributed by atoms with Crippen molar-refractivity contribution in [3.05, 3.63) is 46.6 Å². The molecule has 2 heterocycles. The van der Waals surface area contributed by atoms with E-state index in [0.29, 0.717) is 11.9 Å². The fourth-order valence-electron chi connectivity index (χ4n) is 2.90. The monoisotopic (exact) mass is 346 g/mol. The number of aromatic nitrogens is 2. The quantitative estimate of drug-likeness (QED) is 0.871. The van der Waals surface area contributed by atoms with Crippen LogP contribution in [0.15, 0.2) is 30.5 Å². The molecule has 1 aromatic heterocycles. The second-order valence-corrected chi connectivity index (χ2v) is 6.94. The highest BCUT2D eigenvalue weighted by Crippen LogP contribution is 2.26. The summed E-state index contributed by atoms with van der Waals surface area (Å²) < 4.78 is 0. The maximum absolute atomic E-state index is 9.47. The lowest BCUT2D eigenvalue weighted by Crippen LogP contribution is -2.32. The van der Waals surface area contributed by atoms with E-state index in [2.05, 4.69) is 46.2 Å². The molecule has 0 unspecified atom stereocenters. The van der Waals surface area contributed by atoms with Gasteiger partial charge in [-0.1, -0.05) is 31.5 Å². The minimum absolute atomic E-state index is 0.0514. The summed E-state index contributed by atoms with van der Waals surface area (Å²) in [6, 6.07) is 7.95. The predicted molar refractivity (Wildman–Crippen MR) is 97.6 cm³/mol. The zero-order chi connectivity index (χ0) is 17.1. The molecule has 0 amide bonds. The van der Waals surface area contributed by atoms with Gasteiger partial charge in [-0.15, -0.1) is 0 Å². The lowest BCUT2D eigenvalue weighted by Gasteiger charge is -2.30. The number of hydrogen-bond acceptors (Lipinski definition) is 5. The van der Waals surface area contributed by atoms with Gasteiger partial charge in [-0.3, -0.25) is 0 Å². The summed E-state index contributed by atoms with van der Waals surface area (Å²) in [5.41, 5.74) is 2.60. The molecule has 6 heteroatoms. The number of fused-ring (bicyclic) bond motifs is 1. The molecule has 2 N–H and O–H groups in total. The molecule has 0 fully saturated rings. The van der Waals surface area contributed by atoms with Gasteiger partial charge in [-0.05, 0) is 41.7 Å². The first-order valence-corrected chi connectivity index (χ1v) is 8.67. The van der Waals surface area contributed by atoms with E-state index < -0.39 is 0 Å². The van der Waals surface area contributed by atoms with Crippen molar-refractivity contribution in [3.8, 4) is 0 Å². The van der Waals surface area contributed by atoms with Gasteiger partial charge in [0, 0.05) is 24.3 Å². The minimum atomic E-state index is -0.0514. The Balaban J connectivity index is 1.76. The zero-order valence-electron chi connectivity index (χ0n) is 14.0. The smallest absolute Gasteiger partial charge is 0.224 e. The van der Waals surface area contributed by atoms with Crippen LogP contribution in [0.3, 0.4) is 0 Å². The average molecular weight is 347 g/mol. The van der Waals surface area contributed by atoms with Gasteiger partial charge >= 0.3 is 0 Å². The van der Waals surface area contributed by atoms with Crippen molar-refractivity contribution < 1.29 is 5.11 Å². The van der Waals surface area contributed by atoms with Gasteiger partial charge in [-0.2, -0.15) is 4.98 Å². The molecule has 1 atom stereocenters. The van der Waals surface area contributed by atoms with Crippen LogP contribution in [-0.2, 0) is 13.0 Å². The maximum atomic E-state index is 9.47. The first-order chi connectivity index (χ1) is 11.6. The summed E-state index contributed by atoms with van der Waals surface area (Å²) in [6.45, 7) is 5.89. The largest absolute Gasteiger partial charge is 0.394 e. The first-order valence-electron chi connectivity index (χ1n) is 8.29. The summed E-state index contributed by atoms with van der Waals surface area (Å²) in [5, 5.41) is 13.5. The Morgan fingerprint density at radius 1 is 1.29 bits per heavy atom. The fraction of sp³-hybridized carbons (Fsp3) is 0.444. The van der Waals surface area contributed by atoms with Crippen molar-refractivity contribution in [1.29, 1.82) is 0 Å². The van der Waals surface area contributed by atoms with Gasteiger partial charge < -0.3 is 15.3 Å². The third-order valence-electron chi connectivity index (χ3n) is 4.46. The summed E-state index contributed by atoms with van der Waals surface area (Å²) in [5.74, 6) is 1.75. The Morgan fingerprint density at radius 2 is 2.12 bits per heavy atom. The lowest BCUT2D eigenvalue weighted by atomic mass is 10.00. The molecule has 0 radical (unpaired) electrons. The van der Waals surface area contributed by atoms with Crippen molar-refractivity contribution in [2.75, 3.05) is 23.4 Å². The Hall–Kier alpha value is -1.85. The Bertz CT molecular complexity index is 707. The number of rotatable bonds is 5. The van der Waals surface area contributed by atoms with E-state index in [1.807, 2.05) is 12.1 Å². The topological polar surface area (TPSA) is 61.3 Å². The summed E-state index contributed by atoms with van der Waals surface area (Å²) in [4.78, 5) is 11.1. The van der Waals surface area contributed by atoms with E-state index in [4.69, 9.17) is 11.6 Å². The van der Waals surface area contributed by atoms with Gasteiger partial charge in [0.05, 0.1) is 12.6 Å². The van der Waals surface area contributed by atoms with Gasteiger partial charge in [0.2, 0.25) is 5.95 Å². The molecule has 5 nitrogen and oxygen atoms in total. The van der Waals surface area contributed by atoms with Crippen molar-refractivity contribution in [2.24, 2.45) is 5.92 Å². The predicted octanol–water partition coefficient (Wildman–Crippen LogP) is 3.12. The molecule has 0 saturated carbocycles. The van der Waals surface area contributed by atoms with Gasteiger partial charge in [0.1, 0.15) is 5.82 Å². The number of aliphatic hydroxyl groups is 1. The number of anilines is 2. The van der Waals surface area contributed by atoms with Gasteiger partial charge in [0.25, 0.3) is 0 Å². The van der Waals surface area contributed by atoms with Crippen LogP contribution in [-0.4, -0.2) is 34.3 Å². The highest BCUT2D eigenvalue weighted by atomic mass is 35.5. The Morgan fingerprint density at radius 3 is 2.88 bits per heavy atom. The van der Waals surface area contributed by atoms with Crippen molar-refractivity contribution >= 4 is 23.4 Å². The van der Waals surface area contributed by atoms with Gasteiger partial charge in [0.15, 0.2) is 0 Å². The number of aliphatic hydroxyl groups excluding tert-OH is 1. The maximum Gasteiger partial charge on any atom is 0.224 e. The molecule has 1 aliphatic heterocycles. The molecular weight excluding hydrogens is 324 g/mol. The molecule has 0 aliphatic carbocycles. The fourth-order valence-corrected chi connectivity index (χ4v) is 3.10. The molecule has 1 aliphatic rings. The summed E-state index contributed by atoms with van der Waals surface area (Å²) in [7, 11) is 0. The molecule has 1 aromatic carbocycles. The number of hydrogen-bond donors (Lipinski definition) is 2. The Kier molecular flexibility index (Phi) is 5.21. The highest BCUT2D eigenvalue weighted by Gasteiger charge is 2.19. The van der Waals surface area contributed by atoms with E-state index in [9.17, 15) is 5.11 Å². The van der Waals surface area contributed by atoms with Crippen LogP contribution in [0.2, 0.25) is 5.02 Å². The second-order valence-electron chi connectivity index (χ2n) is 6.50. The molecule has 24 heavy (non-hydrogen) atoms. The molecule has 0 saturated heterocycles. The van der Waals surface area contributed by atoms with Gasteiger partial charge in [-0.25, -0.2) is 4.98 Å². The third-order valence-corrected chi connectivity index (χ3v) is 4.70. The van der Waals surface area contributed by atoms with E-state index in [1.165, 1.54) is 11.1 Å². The van der Waals surface area contributed by atoms with Crippen LogP contribution in [0.25, 0.3) is 0 Å². The number of nitrogens with one attached hydrogen (secondary N) is 1. The number of nitrogens with zero attached hydrogens (tertiary/aromatic N) is 3. The van der Waals surface area contributed by atoms with Crippen molar-refractivity contribution in [2.45, 2.75) is 32.9 Å². The number of halogens is 1. The SMILES string of the molecule is CC(C)[C@@H](CO)Nc1nccc(N2CCc3cc(Cl)ccc3C2)n1. The van der Waals surface area contributed by atoms with Crippen LogP contribution < -0.4 is 10.2 Å². The van der Waals surface area contributed by atoms with Crippen LogP contribution in [0.4, 0.5) is 11.8 Å². The molecule has 0 bridgehead atoms. The second kappa shape index (κ2) is 7.36. The summed E-state index contributed by atoms with van der Waals surface area (Å²) >= 11 is 6.08. The van der Waals surface area contributed by atoms with E-state index in [-0.39, 0.29) is 12.6 Å². The van der Waals surface area contributed by atoms with E-state index >= 15 is 0 Å². The van der Waals surface area contributed by atoms with Crippen molar-refractivity contribution in [1.82, 2.24) is 9.97 Å². The van der Waals surface area contributed by atoms with Crippen LogP contribution in [0.5, 0.6) is 0 Å². The molecular formula is C18H23ClN4O. The standard InChI is InChI=1S/C18H23ClN4O/c1-12(2)16(11-24)21-18-20-7-5-17(22-18)23-8-6-13-9-15(19)4-3-14(13)10-23/h3-5,7,9,12,16,24H,6,8,10-11H2,1-2H3,(H,20,21,22)/t16-/m1/s1. The van der Waals surface area contributed by atoms with Crippen LogP contribution >= 0.6 is 11.6 Å². The van der Waals surface area contributed by atoms with Crippen molar-refractivity contribution in [3.63, 3.8) is 0 Å². The van der Waals surface area contributed by atoms with E-state index in [0.717, 1.165) is 30.4 Å². The van der Waals surface area contributed by atoms with Crippen LogP contribution in [0, 0.1) is 5.92 Å². The lowest BCUT2D eigenvalue weighted by molar-refractivity contribution is 0.248. The Labute approximate surface area is 147 Å².